The van der Waals surface area contributed by atoms with Gasteiger partial charge in [-0.2, -0.15) is 0 Å². The van der Waals surface area contributed by atoms with E-state index < -0.39 is 5.97 Å². The van der Waals surface area contributed by atoms with E-state index in [1.54, 1.807) is 0 Å². The number of nitrogens with one attached hydrogen (secondary N) is 1. The molecule has 29 heavy (non-hydrogen) atoms. The molecule has 2 aromatic heterocycles. The summed E-state index contributed by atoms with van der Waals surface area (Å²) in [5.41, 5.74) is 3.77. The zero-order valence-electron chi connectivity index (χ0n) is 15.3. The van der Waals surface area contributed by atoms with Crippen LogP contribution in [0.2, 0.25) is 5.02 Å². The number of nitrogens with zero attached hydrogens (tertiary/aromatic N) is 1. The Labute approximate surface area is 181 Å². The fraction of sp³-hybridized carbons (Fsp3) is 0.0909. The summed E-state index contributed by atoms with van der Waals surface area (Å²) in [4.78, 5) is 16.8. The van der Waals surface area contributed by atoms with E-state index in [0.29, 0.717) is 28.0 Å². The number of thioether (sulfide) groups is 1. The number of benzene rings is 2. The smallest absolute Gasteiger partial charge is 0.340 e. The van der Waals surface area contributed by atoms with Gasteiger partial charge in [-0.15, -0.1) is 23.1 Å². The third-order valence-electron chi connectivity index (χ3n) is 4.37. The van der Waals surface area contributed by atoms with Crippen molar-refractivity contribution in [1.29, 1.82) is 0 Å². The molecule has 0 unspecified atom stereocenters. The Kier molecular flexibility index (Phi) is 6.04. The zero-order chi connectivity index (χ0) is 20.2. The lowest BCUT2D eigenvalue weighted by molar-refractivity contribution is 0.0693. The highest BCUT2D eigenvalue weighted by atomic mass is 35.5. The first-order chi connectivity index (χ1) is 14.1. The van der Waals surface area contributed by atoms with Crippen LogP contribution in [-0.2, 0) is 12.3 Å². The number of aromatic carboxylic acids is 1. The number of halogens is 1. The molecule has 0 saturated heterocycles. The Balaban J connectivity index is 1.69. The van der Waals surface area contributed by atoms with Gasteiger partial charge in [0.25, 0.3) is 0 Å². The second-order valence-corrected chi connectivity index (χ2v) is 8.68. The molecule has 0 amide bonds. The minimum Gasteiger partial charge on any atom is -0.478 e. The highest BCUT2D eigenvalue weighted by molar-refractivity contribution is 7.98. The normalized spacial score (nSPS) is 10.9. The first-order valence-electron chi connectivity index (χ1n) is 8.91. The van der Waals surface area contributed by atoms with Crippen molar-refractivity contribution in [2.45, 2.75) is 17.3 Å². The van der Waals surface area contributed by atoms with E-state index >= 15 is 0 Å². The number of aromatic nitrogens is 1. The molecule has 0 saturated carbocycles. The van der Waals surface area contributed by atoms with Crippen LogP contribution in [0.15, 0.2) is 71.1 Å². The Morgan fingerprint density at radius 3 is 2.55 bits per heavy atom. The van der Waals surface area contributed by atoms with Gasteiger partial charge in [-0.3, -0.25) is 0 Å². The average Bonchev–Trinajstić information content (AvgIpc) is 3.20. The van der Waals surface area contributed by atoms with Gasteiger partial charge in [-0.1, -0.05) is 54.1 Å². The van der Waals surface area contributed by atoms with E-state index in [9.17, 15) is 9.90 Å². The van der Waals surface area contributed by atoms with Crippen LogP contribution in [0.4, 0.5) is 5.69 Å². The minimum absolute atomic E-state index is 0.217. The Hall–Kier alpha value is -2.54. The van der Waals surface area contributed by atoms with Crippen LogP contribution in [0.5, 0.6) is 0 Å². The Bertz CT molecular complexity index is 1140. The van der Waals surface area contributed by atoms with Crippen LogP contribution in [-0.4, -0.2) is 16.1 Å². The van der Waals surface area contributed by atoms with Crippen LogP contribution in [0.3, 0.4) is 0 Å². The summed E-state index contributed by atoms with van der Waals surface area (Å²) >= 11 is 8.88. The molecule has 146 valence electrons. The lowest BCUT2D eigenvalue weighted by Crippen LogP contribution is -2.09. The van der Waals surface area contributed by atoms with Crippen molar-refractivity contribution in [3.63, 3.8) is 0 Å². The largest absolute Gasteiger partial charge is 0.478 e. The number of carboxylic acid groups (broad SMARTS) is 1. The van der Waals surface area contributed by atoms with Crippen LogP contribution >= 0.6 is 34.7 Å². The van der Waals surface area contributed by atoms with Crippen LogP contribution in [0.25, 0.3) is 10.2 Å². The fourth-order valence-electron chi connectivity index (χ4n) is 2.95. The highest BCUT2D eigenvalue weighted by Gasteiger charge is 2.22. The first-order valence-corrected chi connectivity index (χ1v) is 11.2. The molecule has 0 atom stereocenters. The first kappa shape index (κ1) is 19.8. The maximum absolute atomic E-state index is 12.2. The summed E-state index contributed by atoms with van der Waals surface area (Å²) in [6.07, 6.45) is 0. The van der Waals surface area contributed by atoms with Gasteiger partial charge >= 0.3 is 5.97 Å². The van der Waals surface area contributed by atoms with Crippen molar-refractivity contribution in [3.05, 3.63) is 87.8 Å². The van der Waals surface area contributed by atoms with Crippen molar-refractivity contribution in [2.24, 2.45) is 0 Å². The predicted octanol–water partition coefficient (Wildman–Crippen LogP) is 6.55. The number of fused-ring (bicyclic) bond motifs is 1. The number of rotatable bonds is 7. The predicted molar refractivity (Wildman–Crippen MR) is 121 cm³/mol. The molecule has 2 N–H and O–H groups in total. The van der Waals surface area contributed by atoms with Gasteiger partial charge in [0.2, 0.25) is 0 Å². The molecule has 0 bridgehead atoms. The van der Waals surface area contributed by atoms with Crippen LogP contribution in [0, 0.1) is 0 Å². The summed E-state index contributed by atoms with van der Waals surface area (Å²) in [5, 5.41) is 16.4. The molecule has 0 aliphatic carbocycles. The van der Waals surface area contributed by atoms with Crippen molar-refractivity contribution in [1.82, 2.24) is 4.98 Å². The SMILES string of the molecule is O=C(O)c1c(SCc2ccccc2)nc2ccsc2c1NCc1ccc(Cl)cc1. The highest BCUT2D eigenvalue weighted by Crippen LogP contribution is 2.37. The van der Waals surface area contributed by atoms with E-state index in [0.717, 1.165) is 21.3 Å². The molecule has 0 spiro atoms. The number of hydrogen-bond acceptors (Lipinski definition) is 5. The molecule has 0 fully saturated rings. The van der Waals surface area contributed by atoms with E-state index in [2.05, 4.69) is 10.3 Å². The van der Waals surface area contributed by atoms with Gasteiger partial charge in [0.05, 0.1) is 15.9 Å². The summed E-state index contributed by atoms with van der Waals surface area (Å²) < 4.78 is 0.848. The van der Waals surface area contributed by atoms with Gasteiger partial charge in [0.1, 0.15) is 10.6 Å². The molecular weight excluding hydrogens is 424 g/mol. The third kappa shape index (κ3) is 4.56. The number of carboxylic acids is 1. The van der Waals surface area contributed by atoms with E-state index in [1.165, 1.54) is 23.1 Å². The number of hydrogen-bond donors (Lipinski definition) is 2. The third-order valence-corrected chi connectivity index (χ3v) is 6.59. The van der Waals surface area contributed by atoms with Gasteiger partial charge in [0, 0.05) is 17.3 Å². The molecule has 0 radical (unpaired) electrons. The van der Waals surface area contributed by atoms with E-state index in [1.807, 2.05) is 66.0 Å². The van der Waals surface area contributed by atoms with Gasteiger partial charge in [-0.05, 0) is 34.7 Å². The number of thiophene rings is 1. The molecule has 4 aromatic rings. The Morgan fingerprint density at radius 1 is 1.07 bits per heavy atom. The summed E-state index contributed by atoms with van der Waals surface area (Å²) in [5.74, 6) is -0.331. The van der Waals surface area contributed by atoms with Crippen molar-refractivity contribution >= 4 is 56.6 Å². The van der Waals surface area contributed by atoms with Crippen LogP contribution < -0.4 is 5.32 Å². The molecule has 4 rings (SSSR count). The maximum Gasteiger partial charge on any atom is 0.340 e. The lowest BCUT2D eigenvalue weighted by atomic mass is 10.2. The lowest BCUT2D eigenvalue weighted by Gasteiger charge is -2.14. The number of carbonyl (C=O) groups is 1. The second kappa shape index (κ2) is 8.86. The number of pyridine rings is 1. The number of anilines is 1. The van der Waals surface area contributed by atoms with Crippen molar-refractivity contribution in [3.8, 4) is 0 Å². The molecule has 4 nitrogen and oxygen atoms in total. The standard InChI is InChI=1S/C22H17ClN2O2S2/c23-16-8-6-14(7-9-16)12-24-19-18(22(26)27)21(25-17-10-11-28-20(17)19)29-13-15-4-2-1-3-5-15/h1-11H,12-13H2,(H,24,25)(H,26,27). The van der Waals surface area contributed by atoms with Gasteiger partial charge in [0.15, 0.2) is 0 Å². The zero-order valence-corrected chi connectivity index (χ0v) is 17.7. The minimum atomic E-state index is -0.984. The molecule has 0 aliphatic heterocycles. The Morgan fingerprint density at radius 2 is 1.83 bits per heavy atom. The maximum atomic E-state index is 12.2. The topological polar surface area (TPSA) is 62.2 Å². The van der Waals surface area contributed by atoms with Gasteiger partial charge in [-0.25, -0.2) is 9.78 Å². The molecule has 7 heteroatoms. The fourth-order valence-corrected chi connectivity index (χ4v) is 4.93. The van der Waals surface area contributed by atoms with Crippen molar-refractivity contribution < 1.29 is 9.90 Å². The molecule has 2 heterocycles. The van der Waals surface area contributed by atoms with Gasteiger partial charge < -0.3 is 10.4 Å². The summed E-state index contributed by atoms with van der Waals surface area (Å²) in [6, 6.07) is 19.4. The van der Waals surface area contributed by atoms with E-state index in [4.69, 9.17) is 11.6 Å². The van der Waals surface area contributed by atoms with Crippen molar-refractivity contribution in [2.75, 3.05) is 5.32 Å². The monoisotopic (exact) mass is 440 g/mol. The molecule has 2 aromatic carbocycles. The average molecular weight is 441 g/mol. The van der Waals surface area contributed by atoms with Crippen LogP contribution in [0.1, 0.15) is 21.5 Å². The summed E-state index contributed by atoms with van der Waals surface area (Å²) in [7, 11) is 0. The summed E-state index contributed by atoms with van der Waals surface area (Å²) in [6.45, 7) is 0.497. The van der Waals surface area contributed by atoms with E-state index in [-0.39, 0.29) is 5.56 Å². The second-order valence-electron chi connectivity index (χ2n) is 6.36. The molecule has 0 aliphatic rings. The quantitative estimate of drug-likeness (QED) is 0.319. The molecular formula is C22H17ClN2O2S2.